The van der Waals surface area contributed by atoms with Gasteiger partial charge in [-0.3, -0.25) is 4.79 Å². The summed E-state index contributed by atoms with van der Waals surface area (Å²) in [5, 5.41) is 0. The Bertz CT molecular complexity index is 589. The number of hydrogen-bond donors (Lipinski definition) is 0. The van der Waals surface area contributed by atoms with E-state index < -0.39 is 0 Å². The zero-order valence-electron chi connectivity index (χ0n) is 18.8. The Morgan fingerprint density at radius 1 is 0.828 bits per heavy atom. The molecule has 2 aliphatic carbocycles. The topological polar surface area (TPSA) is 26.3 Å². The summed E-state index contributed by atoms with van der Waals surface area (Å²) >= 11 is 0. The Balaban J connectivity index is 1.39. The number of aryl methyl sites for hydroxylation is 1. The van der Waals surface area contributed by atoms with Crippen LogP contribution in [0.15, 0.2) is 24.3 Å². The summed E-state index contributed by atoms with van der Waals surface area (Å²) in [6, 6.07) is 8.17. The van der Waals surface area contributed by atoms with Crippen molar-refractivity contribution < 1.29 is 9.53 Å². The molecule has 162 valence electrons. The molecule has 0 bridgehead atoms. The molecular weight excluding hydrogens is 356 g/mol. The number of carbonyl (C=O) groups excluding carboxylic acids is 1. The van der Waals surface area contributed by atoms with E-state index >= 15 is 0 Å². The summed E-state index contributed by atoms with van der Waals surface area (Å²) in [4.78, 5) is 12.6. The van der Waals surface area contributed by atoms with Crippen LogP contribution in [0, 0.1) is 23.7 Å². The molecule has 0 saturated heterocycles. The van der Waals surface area contributed by atoms with Gasteiger partial charge in [-0.1, -0.05) is 64.5 Å². The van der Waals surface area contributed by atoms with Crippen LogP contribution in [0.2, 0.25) is 0 Å². The maximum absolute atomic E-state index is 12.6. The maximum atomic E-state index is 12.6. The van der Waals surface area contributed by atoms with E-state index in [4.69, 9.17) is 4.74 Å². The average Bonchev–Trinajstić information content (AvgIpc) is 2.76. The minimum Gasteiger partial charge on any atom is -0.426 e. The predicted octanol–water partition coefficient (Wildman–Crippen LogP) is 7.74. The lowest BCUT2D eigenvalue weighted by atomic mass is 9.69. The summed E-state index contributed by atoms with van der Waals surface area (Å²) in [7, 11) is 0. The molecule has 0 spiro atoms. The van der Waals surface area contributed by atoms with E-state index in [0.717, 1.165) is 37.0 Å². The minimum absolute atomic E-state index is 0.00571. The standard InChI is InChI=1S/C27H42O2/c1-3-5-6-8-22-11-19-26(20-12-22)29-27(28)25-17-15-24(16-18-25)23-13-9-21(7-4-2)10-14-23/h11-12,19-21,23-25H,3-10,13-18H2,1-2H3/t21-,23-,24-,25-. The highest BCUT2D eigenvalue weighted by Gasteiger charge is 2.33. The van der Waals surface area contributed by atoms with Gasteiger partial charge in [0.2, 0.25) is 0 Å². The summed E-state index contributed by atoms with van der Waals surface area (Å²) in [6.45, 7) is 4.54. The van der Waals surface area contributed by atoms with E-state index in [1.165, 1.54) is 76.2 Å². The van der Waals surface area contributed by atoms with Gasteiger partial charge in [0.1, 0.15) is 5.75 Å². The van der Waals surface area contributed by atoms with E-state index in [1.54, 1.807) is 0 Å². The minimum atomic E-state index is -0.00571. The largest absolute Gasteiger partial charge is 0.426 e. The lowest BCUT2D eigenvalue weighted by molar-refractivity contribution is -0.140. The van der Waals surface area contributed by atoms with Crippen LogP contribution >= 0.6 is 0 Å². The van der Waals surface area contributed by atoms with E-state index in [9.17, 15) is 4.79 Å². The summed E-state index contributed by atoms with van der Waals surface area (Å²) in [5.74, 6) is 3.57. The van der Waals surface area contributed by atoms with E-state index in [-0.39, 0.29) is 11.9 Å². The molecule has 0 amide bonds. The van der Waals surface area contributed by atoms with Gasteiger partial charge in [-0.05, 0) is 86.8 Å². The molecule has 0 N–H and O–H groups in total. The lowest BCUT2D eigenvalue weighted by Gasteiger charge is -2.37. The number of hydrogen-bond acceptors (Lipinski definition) is 2. The predicted molar refractivity (Wildman–Crippen MR) is 121 cm³/mol. The molecule has 2 aliphatic rings. The van der Waals surface area contributed by atoms with Gasteiger partial charge < -0.3 is 4.74 Å². The first kappa shape index (κ1) is 22.4. The molecule has 29 heavy (non-hydrogen) atoms. The molecular formula is C27H42O2. The van der Waals surface area contributed by atoms with Crippen LogP contribution < -0.4 is 4.74 Å². The van der Waals surface area contributed by atoms with Crippen LogP contribution in [0.1, 0.15) is 103 Å². The van der Waals surface area contributed by atoms with Crippen LogP contribution in [0.4, 0.5) is 0 Å². The Morgan fingerprint density at radius 2 is 1.45 bits per heavy atom. The van der Waals surface area contributed by atoms with E-state index in [0.29, 0.717) is 5.75 Å². The fourth-order valence-electron chi connectivity index (χ4n) is 5.69. The molecule has 0 heterocycles. The lowest BCUT2D eigenvalue weighted by Crippen LogP contribution is -2.30. The van der Waals surface area contributed by atoms with Crippen molar-refractivity contribution >= 4 is 5.97 Å². The third kappa shape index (κ3) is 6.86. The molecule has 2 nitrogen and oxygen atoms in total. The van der Waals surface area contributed by atoms with Crippen molar-refractivity contribution in [3.8, 4) is 5.75 Å². The van der Waals surface area contributed by atoms with Gasteiger partial charge in [0, 0.05) is 0 Å². The number of carbonyl (C=O) groups is 1. The highest BCUT2D eigenvalue weighted by atomic mass is 16.5. The summed E-state index contributed by atoms with van der Waals surface area (Å²) in [5.41, 5.74) is 1.34. The van der Waals surface area contributed by atoms with Gasteiger partial charge in [-0.2, -0.15) is 0 Å². The van der Waals surface area contributed by atoms with Crippen LogP contribution in [0.3, 0.4) is 0 Å². The number of benzene rings is 1. The first-order valence-corrected chi connectivity index (χ1v) is 12.5. The van der Waals surface area contributed by atoms with Crippen molar-refractivity contribution in [3.63, 3.8) is 0 Å². The molecule has 1 aromatic rings. The Kier molecular flexibility index (Phi) is 9.08. The molecule has 0 aliphatic heterocycles. The number of rotatable bonds is 9. The van der Waals surface area contributed by atoms with Crippen LogP contribution in [-0.4, -0.2) is 5.97 Å². The van der Waals surface area contributed by atoms with Crippen molar-refractivity contribution in [2.24, 2.45) is 23.7 Å². The zero-order valence-corrected chi connectivity index (χ0v) is 18.8. The monoisotopic (exact) mass is 398 g/mol. The van der Waals surface area contributed by atoms with Crippen LogP contribution in [-0.2, 0) is 11.2 Å². The molecule has 0 unspecified atom stereocenters. The molecule has 3 rings (SSSR count). The van der Waals surface area contributed by atoms with Gasteiger partial charge in [0.25, 0.3) is 0 Å². The number of unbranched alkanes of at least 4 members (excludes halogenated alkanes) is 2. The van der Waals surface area contributed by atoms with Gasteiger partial charge in [-0.25, -0.2) is 0 Å². The Labute approximate surface area is 178 Å². The number of esters is 1. The van der Waals surface area contributed by atoms with Crippen molar-refractivity contribution in [1.82, 2.24) is 0 Å². The fraction of sp³-hybridized carbons (Fsp3) is 0.741. The second kappa shape index (κ2) is 11.8. The summed E-state index contributed by atoms with van der Waals surface area (Å²) < 4.78 is 5.72. The molecule has 0 radical (unpaired) electrons. The average molecular weight is 399 g/mol. The molecule has 2 saturated carbocycles. The zero-order chi connectivity index (χ0) is 20.5. The first-order chi connectivity index (χ1) is 14.2. The highest BCUT2D eigenvalue weighted by molar-refractivity contribution is 5.75. The molecule has 2 fully saturated rings. The Morgan fingerprint density at radius 3 is 2.03 bits per heavy atom. The third-order valence-corrected chi connectivity index (χ3v) is 7.57. The fourth-order valence-corrected chi connectivity index (χ4v) is 5.69. The smallest absolute Gasteiger partial charge is 0.314 e. The molecule has 0 atom stereocenters. The molecule has 2 heteroatoms. The SMILES string of the molecule is CCCCCc1ccc(OC(=O)[C@H]2CC[C@H]([C@H]3CC[C@H](CCC)CC3)CC2)cc1. The third-order valence-electron chi connectivity index (χ3n) is 7.57. The van der Waals surface area contributed by atoms with Crippen molar-refractivity contribution in [2.45, 2.75) is 104 Å². The summed E-state index contributed by atoms with van der Waals surface area (Å²) in [6.07, 6.45) is 17.9. The highest BCUT2D eigenvalue weighted by Crippen LogP contribution is 2.42. The molecule has 1 aromatic carbocycles. The normalized spacial score (nSPS) is 27.5. The second-order valence-corrected chi connectivity index (χ2v) is 9.70. The first-order valence-electron chi connectivity index (χ1n) is 12.5. The van der Waals surface area contributed by atoms with Crippen molar-refractivity contribution in [3.05, 3.63) is 29.8 Å². The molecule has 0 aromatic heterocycles. The van der Waals surface area contributed by atoms with Gasteiger partial charge in [-0.15, -0.1) is 0 Å². The second-order valence-electron chi connectivity index (χ2n) is 9.70. The number of ether oxygens (including phenoxy) is 1. The van der Waals surface area contributed by atoms with Gasteiger partial charge in [0.05, 0.1) is 5.92 Å². The van der Waals surface area contributed by atoms with Crippen LogP contribution in [0.25, 0.3) is 0 Å². The van der Waals surface area contributed by atoms with Gasteiger partial charge in [0.15, 0.2) is 0 Å². The Hall–Kier alpha value is -1.31. The quantitative estimate of drug-likeness (QED) is 0.241. The van der Waals surface area contributed by atoms with Crippen molar-refractivity contribution in [1.29, 1.82) is 0 Å². The van der Waals surface area contributed by atoms with Crippen molar-refractivity contribution in [2.75, 3.05) is 0 Å². The van der Waals surface area contributed by atoms with Crippen LogP contribution in [0.5, 0.6) is 5.75 Å². The maximum Gasteiger partial charge on any atom is 0.314 e. The van der Waals surface area contributed by atoms with Gasteiger partial charge >= 0.3 is 5.97 Å². The van der Waals surface area contributed by atoms with E-state index in [2.05, 4.69) is 26.0 Å². The van der Waals surface area contributed by atoms with E-state index in [1.807, 2.05) is 12.1 Å².